The average molecular weight is 924 g/mol. The van der Waals surface area contributed by atoms with Crippen molar-refractivity contribution in [3.63, 3.8) is 0 Å². The standard InChI is InChI=1S/C56H109NO8/c1-3-5-7-9-11-13-15-17-19-21-23-25-26-27-29-31-33-35-37-39-41-43-45-50(59)49(48-64-56-55(63)54(62)53(61)51(47-58)65-56)57-52(60)46-44-42-40-38-36-34-32-30-28-24-22-20-18-16-14-12-10-8-6-4-2/h43,45,49-51,53-56,58-59,61-63H,3-42,44,46-48H2,1-2H3,(H,57,60)/b45-43+. The first-order chi connectivity index (χ1) is 31.8. The Bertz CT molecular complexity index is 1030. The van der Waals surface area contributed by atoms with Gasteiger partial charge in [-0.1, -0.05) is 270 Å². The summed E-state index contributed by atoms with van der Waals surface area (Å²) in [5, 5.41) is 54.5. The van der Waals surface area contributed by atoms with Crippen LogP contribution in [-0.4, -0.2) is 87.5 Å². The summed E-state index contributed by atoms with van der Waals surface area (Å²) in [7, 11) is 0. The minimum absolute atomic E-state index is 0.170. The highest BCUT2D eigenvalue weighted by Crippen LogP contribution is 2.23. The molecule has 0 radical (unpaired) electrons. The van der Waals surface area contributed by atoms with E-state index in [1.807, 2.05) is 6.08 Å². The number of hydrogen-bond acceptors (Lipinski definition) is 8. The first-order valence-electron chi connectivity index (χ1n) is 28.4. The molecule has 1 aliphatic heterocycles. The van der Waals surface area contributed by atoms with Crippen molar-refractivity contribution in [2.45, 2.75) is 326 Å². The summed E-state index contributed by atoms with van der Waals surface area (Å²) in [6.45, 7) is 3.82. The van der Waals surface area contributed by atoms with Crippen molar-refractivity contribution in [3.8, 4) is 0 Å². The zero-order valence-electron chi connectivity index (χ0n) is 42.8. The minimum Gasteiger partial charge on any atom is -0.394 e. The highest BCUT2D eigenvalue weighted by atomic mass is 16.7. The van der Waals surface area contributed by atoms with Gasteiger partial charge in [-0.15, -0.1) is 0 Å². The molecular weight excluding hydrogens is 815 g/mol. The average Bonchev–Trinajstić information content (AvgIpc) is 3.31. The van der Waals surface area contributed by atoms with E-state index in [0.29, 0.717) is 6.42 Å². The van der Waals surface area contributed by atoms with Crippen LogP contribution >= 0.6 is 0 Å². The van der Waals surface area contributed by atoms with Gasteiger partial charge in [0.1, 0.15) is 24.4 Å². The largest absolute Gasteiger partial charge is 0.394 e. The van der Waals surface area contributed by atoms with E-state index in [9.17, 15) is 30.3 Å². The second-order valence-electron chi connectivity index (χ2n) is 20.1. The monoisotopic (exact) mass is 924 g/mol. The van der Waals surface area contributed by atoms with E-state index < -0.39 is 49.5 Å². The molecular formula is C56H109NO8. The molecule has 1 aliphatic rings. The van der Waals surface area contributed by atoms with Crippen LogP contribution in [0.1, 0.15) is 284 Å². The highest BCUT2D eigenvalue weighted by molar-refractivity contribution is 5.76. The van der Waals surface area contributed by atoms with Gasteiger partial charge >= 0.3 is 0 Å². The third-order valence-electron chi connectivity index (χ3n) is 13.9. The summed E-state index contributed by atoms with van der Waals surface area (Å²) < 4.78 is 11.3. The Kier molecular flexibility index (Phi) is 44.5. The maximum Gasteiger partial charge on any atom is 0.220 e. The maximum absolute atomic E-state index is 13.0. The van der Waals surface area contributed by atoms with Crippen LogP contribution in [0.15, 0.2) is 12.2 Å². The summed E-state index contributed by atoms with van der Waals surface area (Å²) in [5.74, 6) is -0.170. The number of ether oxygens (including phenoxy) is 2. The number of aliphatic hydroxyl groups excluding tert-OH is 5. The van der Waals surface area contributed by atoms with Crippen LogP contribution in [0.5, 0.6) is 0 Å². The van der Waals surface area contributed by atoms with Crippen molar-refractivity contribution in [2.24, 2.45) is 0 Å². The molecule has 0 saturated carbocycles. The molecule has 7 atom stereocenters. The molecule has 6 N–H and O–H groups in total. The lowest BCUT2D eigenvalue weighted by Gasteiger charge is -2.40. The molecule has 1 saturated heterocycles. The number of carbonyl (C=O) groups is 1. The number of aliphatic hydroxyl groups is 5. The van der Waals surface area contributed by atoms with Gasteiger partial charge in [0.2, 0.25) is 5.91 Å². The fourth-order valence-electron chi connectivity index (χ4n) is 9.34. The maximum atomic E-state index is 13.0. The molecule has 386 valence electrons. The minimum atomic E-state index is -1.56. The third-order valence-corrected chi connectivity index (χ3v) is 13.9. The van der Waals surface area contributed by atoms with E-state index >= 15 is 0 Å². The van der Waals surface area contributed by atoms with E-state index in [4.69, 9.17) is 9.47 Å². The van der Waals surface area contributed by atoms with Crippen molar-refractivity contribution in [1.82, 2.24) is 5.32 Å². The van der Waals surface area contributed by atoms with Crippen LogP contribution in [0.4, 0.5) is 0 Å². The smallest absolute Gasteiger partial charge is 0.220 e. The molecule has 9 heteroatoms. The Morgan fingerprint density at radius 1 is 0.508 bits per heavy atom. The number of rotatable bonds is 49. The van der Waals surface area contributed by atoms with E-state index in [-0.39, 0.29) is 12.5 Å². The first-order valence-corrected chi connectivity index (χ1v) is 28.4. The van der Waals surface area contributed by atoms with Gasteiger partial charge in [0.25, 0.3) is 0 Å². The molecule has 0 aromatic carbocycles. The summed E-state index contributed by atoms with van der Waals surface area (Å²) >= 11 is 0. The van der Waals surface area contributed by atoms with Crippen molar-refractivity contribution < 1.29 is 39.8 Å². The predicted octanol–water partition coefficient (Wildman–Crippen LogP) is 13.6. The second kappa shape index (κ2) is 46.6. The van der Waals surface area contributed by atoms with Gasteiger partial charge < -0.3 is 40.3 Å². The Balaban J connectivity index is 2.23. The van der Waals surface area contributed by atoms with Crippen LogP contribution in [0.2, 0.25) is 0 Å². The first kappa shape index (κ1) is 61.9. The summed E-state index contributed by atoms with van der Waals surface area (Å²) in [6, 6.07) is -0.800. The SMILES string of the molecule is CCCCCCCCCCCCCCCCCCCCCC/C=C/C(O)C(COC1OC(CO)C(O)C(O)C1O)NC(=O)CCCCCCCCCCCCCCCCCCCCCC. The van der Waals surface area contributed by atoms with Gasteiger partial charge in [-0.2, -0.15) is 0 Å². The van der Waals surface area contributed by atoms with Crippen molar-refractivity contribution in [3.05, 3.63) is 12.2 Å². The van der Waals surface area contributed by atoms with Gasteiger partial charge in [-0.05, 0) is 19.3 Å². The van der Waals surface area contributed by atoms with Crippen LogP contribution in [0, 0.1) is 0 Å². The number of hydrogen-bond donors (Lipinski definition) is 6. The summed E-state index contributed by atoms with van der Waals surface area (Å²) in [4.78, 5) is 13.0. The van der Waals surface area contributed by atoms with Crippen LogP contribution in [0.25, 0.3) is 0 Å². The molecule has 65 heavy (non-hydrogen) atoms. The van der Waals surface area contributed by atoms with Gasteiger partial charge in [0, 0.05) is 6.42 Å². The summed E-state index contributed by atoms with van der Waals surface area (Å²) in [6.07, 6.45) is 49.8. The fourth-order valence-corrected chi connectivity index (χ4v) is 9.34. The Hall–Kier alpha value is -1.07. The number of unbranched alkanes of at least 4 members (excludes halogenated alkanes) is 39. The normalized spacial score (nSPS) is 19.9. The number of nitrogens with one attached hydrogen (secondary N) is 1. The van der Waals surface area contributed by atoms with E-state index in [2.05, 4.69) is 19.2 Å². The molecule has 0 aromatic rings. The van der Waals surface area contributed by atoms with Crippen LogP contribution in [0.3, 0.4) is 0 Å². The highest BCUT2D eigenvalue weighted by Gasteiger charge is 2.44. The van der Waals surface area contributed by atoms with E-state index in [0.717, 1.165) is 38.5 Å². The molecule has 1 fully saturated rings. The van der Waals surface area contributed by atoms with Crippen LogP contribution in [-0.2, 0) is 14.3 Å². The zero-order valence-corrected chi connectivity index (χ0v) is 42.8. The number of amides is 1. The molecule has 7 unspecified atom stereocenters. The zero-order chi connectivity index (χ0) is 47.3. The van der Waals surface area contributed by atoms with Crippen molar-refractivity contribution in [2.75, 3.05) is 13.2 Å². The lowest BCUT2D eigenvalue weighted by Crippen LogP contribution is -2.60. The van der Waals surface area contributed by atoms with Gasteiger partial charge in [-0.3, -0.25) is 4.79 Å². The topological polar surface area (TPSA) is 149 Å². The van der Waals surface area contributed by atoms with E-state index in [1.165, 1.54) is 225 Å². The van der Waals surface area contributed by atoms with Crippen molar-refractivity contribution in [1.29, 1.82) is 0 Å². The lowest BCUT2D eigenvalue weighted by atomic mass is 9.99. The van der Waals surface area contributed by atoms with E-state index in [1.54, 1.807) is 6.08 Å². The Labute approximate surface area is 401 Å². The Morgan fingerprint density at radius 3 is 1.20 bits per heavy atom. The second-order valence-corrected chi connectivity index (χ2v) is 20.1. The molecule has 9 nitrogen and oxygen atoms in total. The lowest BCUT2D eigenvalue weighted by molar-refractivity contribution is -0.302. The molecule has 0 aliphatic carbocycles. The van der Waals surface area contributed by atoms with Crippen LogP contribution < -0.4 is 5.32 Å². The molecule has 1 heterocycles. The summed E-state index contributed by atoms with van der Waals surface area (Å²) in [5.41, 5.74) is 0. The molecule has 1 amide bonds. The molecule has 0 bridgehead atoms. The van der Waals surface area contributed by atoms with Gasteiger partial charge in [-0.25, -0.2) is 0 Å². The predicted molar refractivity (Wildman–Crippen MR) is 272 cm³/mol. The number of allylic oxidation sites excluding steroid dienone is 1. The molecule has 0 aromatic heterocycles. The molecule has 1 rings (SSSR count). The molecule has 0 spiro atoms. The van der Waals surface area contributed by atoms with Gasteiger partial charge in [0.15, 0.2) is 6.29 Å². The fraction of sp³-hybridized carbons (Fsp3) is 0.946. The number of carbonyl (C=O) groups excluding carboxylic acids is 1. The quantitative estimate of drug-likeness (QED) is 0.0261. The third kappa shape index (κ3) is 36.6. The van der Waals surface area contributed by atoms with Crippen molar-refractivity contribution >= 4 is 5.91 Å². The van der Waals surface area contributed by atoms with Gasteiger partial charge in [0.05, 0.1) is 25.4 Å². The Morgan fingerprint density at radius 2 is 0.846 bits per heavy atom.